The molecule has 0 bridgehead atoms. The van der Waals surface area contributed by atoms with E-state index in [-0.39, 0.29) is 24.1 Å². The number of alkyl halides is 3. The fourth-order valence-electron chi connectivity index (χ4n) is 3.44. The van der Waals surface area contributed by atoms with Gasteiger partial charge in [-0.25, -0.2) is 0 Å². The minimum absolute atomic E-state index is 0.0941. The topological polar surface area (TPSA) is 77.7 Å². The van der Waals surface area contributed by atoms with Crippen molar-refractivity contribution in [1.82, 2.24) is 10.1 Å². The molecule has 10 heteroatoms. The van der Waals surface area contributed by atoms with Crippen molar-refractivity contribution in [3.8, 4) is 23.0 Å². The molecule has 2 heterocycles. The lowest BCUT2D eigenvalue weighted by Crippen LogP contribution is -2.24. The van der Waals surface area contributed by atoms with Gasteiger partial charge in [0.25, 0.3) is 5.89 Å². The summed E-state index contributed by atoms with van der Waals surface area (Å²) >= 11 is 0. The smallest absolute Gasteiger partial charge is 0.416 e. The molecule has 1 aliphatic rings. The van der Waals surface area contributed by atoms with Crippen LogP contribution in [0.1, 0.15) is 23.7 Å². The van der Waals surface area contributed by atoms with Crippen LogP contribution >= 0.6 is 0 Å². The molecule has 1 unspecified atom stereocenters. The Morgan fingerprint density at radius 1 is 1.10 bits per heavy atom. The molecule has 0 N–H and O–H groups in total. The predicted octanol–water partition coefficient (Wildman–Crippen LogP) is 4.29. The molecule has 1 atom stereocenters. The molecule has 2 aromatic carbocycles. The molecule has 4 rings (SSSR count). The van der Waals surface area contributed by atoms with Gasteiger partial charge in [0, 0.05) is 30.5 Å². The number of methoxy groups -OCH3 is 2. The van der Waals surface area contributed by atoms with Crippen molar-refractivity contribution in [3.05, 3.63) is 53.9 Å². The molecule has 1 saturated heterocycles. The van der Waals surface area contributed by atoms with E-state index in [9.17, 15) is 18.0 Å². The summed E-state index contributed by atoms with van der Waals surface area (Å²) in [5, 5.41) is 3.94. The van der Waals surface area contributed by atoms with Gasteiger partial charge in [-0.1, -0.05) is 5.16 Å². The summed E-state index contributed by atoms with van der Waals surface area (Å²) in [6.45, 7) is 0.313. The average Bonchev–Trinajstić information content (AvgIpc) is 3.39. The fourth-order valence-corrected chi connectivity index (χ4v) is 3.44. The van der Waals surface area contributed by atoms with Crippen LogP contribution in [0.15, 0.2) is 47.0 Å². The van der Waals surface area contributed by atoms with Crippen LogP contribution < -0.4 is 14.4 Å². The molecule has 0 saturated carbocycles. The summed E-state index contributed by atoms with van der Waals surface area (Å²) in [4.78, 5) is 18.5. The number of hydrogen-bond acceptors (Lipinski definition) is 6. The van der Waals surface area contributed by atoms with Crippen LogP contribution in [0.25, 0.3) is 11.5 Å². The van der Waals surface area contributed by atoms with Crippen LogP contribution in [0.4, 0.5) is 18.9 Å². The van der Waals surface area contributed by atoms with Gasteiger partial charge in [-0.05, 0) is 36.4 Å². The van der Waals surface area contributed by atoms with Gasteiger partial charge in [0.2, 0.25) is 5.91 Å². The van der Waals surface area contributed by atoms with Gasteiger partial charge < -0.3 is 18.9 Å². The first-order valence-corrected chi connectivity index (χ1v) is 9.33. The van der Waals surface area contributed by atoms with E-state index in [0.29, 0.717) is 35.1 Å². The Balaban J connectivity index is 1.54. The molecule has 1 fully saturated rings. The van der Waals surface area contributed by atoms with Gasteiger partial charge in [-0.2, -0.15) is 18.2 Å². The largest absolute Gasteiger partial charge is 0.497 e. The molecule has 0 aliphatic carbocycles. The maximum absolute atomic E-state index is 12.7. The van der Waals surface area contributed by atoms with Crippen LogP contribution in [0.3, 0.4) is 0 Å². The maximum atomic E-state index is 12.7. The monoisotopic (exact) mass is 433 g/mol. The second kappa shape index (κ2) is 7.93. The predicted molar refractivity (Wildman–Crippen MR) is 104 cm³/mol. The second-order valence-corrected chi connectivity index (χ2v) is 6.98. The lowest BCUT2D eigenvalue weighted by atomic mass is 10.1. The first-order chi connectivity index (χ1) is 14.8. The number of anilines is 1. The van der Waals surface area contributed by atoms with Crippen molar-refractivity contribution in [2.75, 3.05) is 25.7 Å². The van der Waals surface area contributed by atoms with Crippen molar-refractivity contribution >= 4 is 11.6 Å². The molecule has 7 nitrogen and oxygen atoms in total. The van der Waals surface area contributed by atoms with Crippen molar-refractivity contribution in [2.45, 2.75) is 18.5 Å². The van der Waals surface area contributed by atoms with Gasteiger partial charge >= 0.3 is 6.18 Å². The third-order valence-electron chi connectivity index (χ3n) is 5.07. The standard InChI is InChI=1S/C21H18F3N3O4/c1-29-15-7-8-16(17(10-15)30-2)27-11-13(9-18(27)28)19-25-20(31-26-19)12-3-5-14(6-4-12)21(22,23)24/h3-8,10,13H,9,11H2,1-2H3. The summed E-state index contributed by atoms with van der Waals surface area (Å²) in [6.07, 6.45) is -4.25. The summed E-state index contributed by atoms with van der Waals surface area (Å²) in [6, 6.07) is 9.61. The molecule has 162 valence electrons. The molecule has 1 amide bonds. The number of nitrogens with zero attached hydrogens (tertiary/aromatic N) is 3. The van der Waals surface area contributed by atoms with Gasteiger partial charge in [0.1, 0.15) is 11.5 Å². The third kappa shape index (κ3) is 4.05. The number of amides is 1. The van der Waals surface area contributed by atoms with E-state index in [1.54, 1.807) is 23.1 Å². The summed E-state index contributed by atoms with van der Waals surface area (Å²) in [7, 11) is 3.04. The molecular formula is C21H18F3N3O4. The normalized spacial score (nSPS) is 16.6. The van der Waals surface area contributed by atoms with E-state index in [4.69, 9.17) is 14.0 Å². The SMILES string of the molecule is COc1ccc(N2CC(c3noc(-c4ccc(C(F)(F)F)cc4)n3)CC2=O)c(OC)c1. The molecule has 0 radical (unpaired) electrons. The molecular weight excluding hydrogens is 415 g/mol. The Labute approximate surface area is 175 Å². The highest BCUT2D eigenvalue weighted by atomic mass is 19.4. The number of hydrogen-bond donors (Lipinski definition) is 0. The zero-order valence-corrected chi connectivity index (χ0v) is 16.6. The molecule has 0 spiro atoms. The Kier molecular flexibility index (Phi) is 5.30. The van der Waals surface area contributed by atoms with Gasteiger partial charge in [0.15, 0.2) is 5.82 Å². The van der Waals surface area contributed by atoms with Crippen LogP contribution in [0, 0.1) is 0 Å². The number of carbonyl (C=O) groups excluding carboxylic acids is 1. The van der Waals surface area contributed by atoms with E-state index in [1.807, 2.05) is 0 Å². The highest BCUT2D eigenvalue weighted by molar-refractivity contribution is 5.97. The Hall–Kier alpha value is -3.56. The Bertz CT molecular complexity index is 1100. The van der Waals surface area contributed by atoms with Gasteiger partial charge in [-0.15, -0.1) is 0 Å². The number of rotatable bonds is 5. The third-order valence-corrected chi connectivity index (χ3v) is 5.07. The summed E-state index contributed by atoms with van der Waals surface area (Å²) < 4.78 is 54.0. The average molecular weight is 433 g/mol. The maximum Gasteiger partial charge on any atom is 0.416 e. The first kappa shape index (κ1) is 20.7. The molecule has 31 heavy (non-hydrogen) atoms. The van der Waals surface area contributed by atoms with Crippen molar-refractivity contribution < 1.29 is 32.0 Å². The molecule has 1 aliphatic heterocycles. The summed E-state index contributed by atoms with van der Waals surface area (Å²) in [5.41, 5.74) is 0.202. The van der Waals surface area contributed by atoms with E-state index in [1.165, 1.54) is 26.4 Å². The number of benzene rings is 2. The lowest BCUT2D eigenvalue weighted by molar-refractivity contribution is -0.137. The van der Waals surface area contributed by atoms with Crippen LogP contribution in [-0.2, 0) is 11.0 Å². The quantitative estimate of drug-likeness (QED) is 0.597. The van der Waals surface area contributed by atoms with Crippen molar-refractivity contribution in [1.29, 1.82) is 0 Å². The van der Waals surface area contributed by atoms with Crippen molar-refractivity contribution in [2.24, 2.45) is 0 Å². The highest BCUT2D eigenvalue weighted by Gasteiger charge is 2.36. The minimum Gasteiger partial charge on any atom is -0.497 e. The van der Waals surface area contributed by atoms with Crippen LogP contribution in [0.2, 0.25) is 0 Å². The molecule has 3 aromatic rings. The Morgan fingerprint density at radius 2 is 1.84 bits per heavy atom. The fraction of sp³-hybridized carbons (Fsp3) is 0.286. The number of aromatic nitrogens is 2. The second-order valence-electron chi connectivity index (χ2n) is 6.98. The molecule has 1 aromatic heterocycles. The highest BCUT2D eigenvalue weighted by Crippen LogP contribution is 2.38. The van der Waals surface area contributed by atoms with E-state index in [2.05, 4.69) is 10.1 Å². The van der Waals surface area contributed by atoms with Crippen LogP contribution in [0.5, 0.6) is 11.5 Å². The summed E-state index contributed by atoms with van der Waals surface area (Å²) in [5.74, 6) is 1.05. The zero-order valence-electron chi connectivity index (χ0n) is 16.6. The van der Waals surface area contributed by atoms with Gasteiger partial charge in [-0.3, -0.25) is 4.79 Å². The first-order valence-electron chi connectivity index (χ1n) is 9.33. The van der Waals surface area contributed by atoms with Crippen molar-refractivity contribution in [3.63, 3.8) is 0 Å². The number of carbonyl (C=O) groups is 1. The van der Waals surface area contributed by atoms with E-state index >= 15 is 0 Å². The van der Waals surface area contributed by atoms with Crippen LogP contribution in [-0.4, -0.2) is 36.8 Å². The van der Waals surface area contributed by atoms with Gasteiger partial charge in [0.05, 0.1) is 25.5 Å². The zero-order chi connectivity index (χ0) is 22.2. The Morgan fingerprint density at radius 3 is 2.48 bits per heavy atom. The van der Waals surface area contributed by atoms with E-state index < -0.39 is 11.7 Å². The minimum atomic E-state index is -4.42. The number of ether oxygens (including phenoxy) is 2. The van der Waals surface area contributed by atoms with E-state index in [0.717, 1.165) is 12.1 Å². The number of halogens is 3. The lowest BCUT2D eigenvalue weighted by Gasteiger charge is -2.19.